The largest absolute Gasteiger partial charge is 0.342 e. The summed E-state index contributed by atoms with van der Waals surface area (Å²) in [5.41, 5.74) is 0.607. The standard InChI is InChI=1S/C25H35ClN4O3/c26-22-9-7-20(8-10-22)24(32)30-13-5-6-21(18-30)25(33)29-16-14-27(15-17-29)19-23(31)28-11-3-1-2-4-12-28/h7-10,21H,1-6,11-19H2. The third kappa shape index (κ3) is 6.27. The molecule has 3 amide bonds. The van der Waals surface area contributed by atoms with Crippen LogP contribution in [0.1, 0.15) is 48.9 Å². The lowest BCUT2D eigenvalue weighted by Gasteiger charge is -2.39. The second-order valence-electron chi connectivity index (χ2n) is 9.49. The van der Waals surface area contributed by atoms with Gasteiger partial charge in [0, 0.05) is 62.9 Å². The van der Waals surface area contributed by atoms with Crippen LogP contribution in [0.5, 0.6) is 0 Å². The number of carbonyl (C=O) groups is 3. The van der Waals surface area contributed by atoms with Crippen LogP contribution in [0.15, 0.2) is 24.3 Å². The van der Waals surface area contributed by atoms with Crippen LogP contribution in [0.3, 0.4) is 0 Å². The molecule has 3 saturated heterocycles. The molecule has 7 nitrogen and oxygen atoms in total. The second kappa shape index (κ2) is 11.3. The molecule has 0 saturated carbocycles. The predicted octanol–water partition coefficient (Wildman–Crippen LogP) is 2.74. The molecule has 3 aliphatic heterocycles. The van der Waals surface area contributed by atoms with Gasteiger partial charge in [0.25, 0.3) is 5.91 Å². The van der Waals surface area contributed by atoms with Crippen molar-refractivity contribution in [3.05, 3.63) is 34.9 Å². The lowest BCUT2D eigenvalue weighted by molar-refractivity contribution is -0.139. The molecule has 0 aromatic heterocycles. The van der Waals surface area contributed by atoms with E-state index in [4.69, 9.17) is 11.6 Å². The fraction of sp³-hybridized carbons (Fsp3) is 0.640. The maximum Gasteiger partial charge on any atom is 0.253 e. The van der Waals surface area contributed by atoms with Gasteiger partial charge in [-0.05, 0) is 49.9 Å². The Hall–Kier alpha value is -2.12. The molecule has 33 heavy (non-hydrogen) atoms. The molecule has 4 rings (SSSR count). The fourth-order valence-electron chi connectivity index (χ4n) is 5.13. The highest BCUT2D eigenvalue weighted by atomic mass is 35.5. The van der Waals surface area contributed by atoms with Crippen molar-refractivity contribution in [2.75, 3.05) is 58.9 Å². The number of rotatable bonds is 4. The second-order valence-corrected chi connectivity index (χ2v) is 9.93. The van der Waals surface area contributed by atoms with Crippen LogP contribution in [0.25, 0.3) is 0 Å². The Bertz CT molecular complexity index is 831. The maximum atomic E-state index is 13.2. The van der Waals surface area contributed by atoms with Gasteiger partial charge in [-0.25, -0.2) is 0 Å². The average Bonchev–Trinajstić information content (AvgIpc) is 3.14. The molecule has 0 N–H and O–H groups in total. The number of amides is 3. The zero-order valence-corrected chi connectivity index (χ0v) is 20.1. The van der Waals surface area contributed by atoms with E-state index in [0.29, 0.717) is 43.3 Å². The number of carbonyl (C=O) groups excluding carboxylic acids is 3. The van der Waals surface area contributed by atoms with Gasteiger partial charge in [-0.3, -0.25) is 19.3 Å². The molecule has 180 valence electrons. The van der Waals surface area contributed by atoms with Crippen molar-refractivity contribution >= 4 is 29.3 Å². The summed E-state index contributed by atoms with van der Waals surface area (Å²) in [4.78, 5) is 46.6. The molecule has 1 unspecified atom stereocenters. The van der Waals surface area contributed by atoms with Gasteiger partial charge >= 0.3 is 0 Å². The molecular weight excluding hydrogens is 440 g/mol. The van der Waals surface area contributed by atoms with E-state index < -0.39 is 0 Å². The van der Waals surface area contributed by atoms with Crippen LogP contribution >= 0.6 is 11.6 Å². The van der Waals surface area contributed by atoms with Crippen LogP contribution in [0, 0.1) is 5.92 Å². The zero-order chi connectivity index (χ0) is 23.2. The summed E-state index contributed by atoms with van der Waals surface area (Å²) in [6, 6.07) is 6.92. The smallest absolute Gasteiger partial charge is 0.253 e. The molecule has 0 spiro atoms. The van der Waals surface area contributed by atoms with Crippen molar-refractivity contribution in [2.45, 2.75) is 38.5 Å². The molecule has 3 heterocycles. The summed E-state index contributed by atoms with van der Waals surface area (Å²) in [5, 5.41) is 0.602. The lowest BCUT2D eigenvalue weighted by Crippen LogP contribution is -2.54. The third-order valence-corrected chi connectivity index (χ3v) is 7.40. The number of hydrogen-bond donors (Lipinski definition) is 0. The van der Waals surface area contributed by atoms with Crippen LogP contribution in [0.2, 0.25) is 5.02 Å². The number of likely N-dealkylation sites (tertiary alicyclic amines) is 2. The minimum atomic E-state index is -0.153. The first-order chi connectivity index (χ1) is 16.0. The number of nitrogens with zero attached hydrogens (tertiary/aromatic N) is 4. The molecule has 1 atom stereocenters. The summed E-state index contributed by atoms with van der Waals surface area (Å²) in [6.45, 7) is 6.10. The van der Waals surface area contributed by atoms with Gasteiger partial charge in [0.05, 0.1) is 12.5 Å². The number of piperazine rings is 1. The van der Waals surface area contributed by atoms with Crippen molar-refractivity contribution in [2.24, 2.45) is 5.92 Å². The Balaban J connectivity index is 1.25. The lowest BCUT2D eigenvalue weighted by atomic mass is 9.95. The van der Waals surface area contributed by atoms with E-state index in [0.717, 1.165) is 51.9 Å². The summed E-state index contributed by atoms with van der Waals surface area (Å²) in [5.74, 6) is 0.170. The third-order valence-electron chi connectivity index (χ3n) is 7.15. The van der Waals surface area contributed by atoms with Crippen molar-refractivity contribution in [3.63, 3.8) is 0 Å². The summed E-state index contributed by atoms with van der Waals surface area (Å²) in [7, 11) is 0. The van der Waals surface area contributed by atoms with E-state index in [-0.39, 0.29) is 23.6 Å². The first kappa shape index (κ1) is 24.0. The highest BCUT2D eigenvalue weighted by Crippen LogP contribution is 2.22. The van der Waals surface area contributed by atoms with E-state index in [1.165, 1.54) is 12.8 Å². The van der Waals surface area contributed by atoms with E-state index in [2.05, 4.69) is 4.90 Å². The minimum absolute atomic E-state index is 0.0407. The Morgan fingerprint density at radius 1 is 0.758 bits per heavy atom. The molecule has 0 bridgehead atoms. The number of hydrogen-bond acceptors (Lipinski definition) is 4. The summed E-state index contributed by atoms with van der Waals surface area (Å²) >= 11 is 5.94. The summed E-state index contributed by atoms with van der Waals surface area (Å²) in [6.07, 6.45) is 6.29. The van der Waals surface area contributed by atoms with Crippen molar-refractivity contribution < 1.29 is 14.4 Å². The molecule has 3 fully saturated rings. The Labute approximate surface area is 201 Å². The first-order valence-corrected chi connectivity index (χ1v) is 12.7. The number of halogens is 1. The van der Waals surface area contributed by atoms with Crippen molar-refractivity contribution in [1.29, 1.82) is 0 Å². The van der Waals surface area contributed by atoms with Gasteiger partial charge in [-0.2, -0.15) is 0 Å². The molecule has 1 aromatic rings. The molecule has 1 aromatic carbocycles. The van der Waals surface area contributed by atoms with Gasteiger partial charge in [0.15, 0.2) is 0 Å². The van der Waals surface area contributed by atoms with E-state index in [9.17, 15) is 14.4 Å². The van der Waals surface area contributed by atoms with Gasteiger partial charge in [-0.1, -0.05) is 24.4 Å². The highest BCUT2D eigenvalue weighted by molar-refractivity contribution is 6.30. The summed E-state index contributed by atoms with van der Waals surface area (Å²) < 4.78 is 0. The van der Waals surface area contributed by atoms with Crippen LogP contribution in [-0.4, -0.2) is 96.2 Å². The van der Waals surface area contributed by atoms with Crippen molar-refractivity contribution in [1.82, 2.24) is 19.6 Å². The topological polar surface area (TPSA) is 64.2 Å². The predicted molar refractivity (Wildman–Crippen MR) is 128 cm³/mol. The minimum Gasteiger partial charge on any atom is -0.342 e. The van der Waals surface area contributed by atoms with Crippen LogP contribution in [0.4, 0.5) is 0 Å². The fourth-order valence-corrected chi connectivity index (χ4v) is 5.26. The molecule has 0 radical (unpaired) electrons. The van der Waals surface area contributed by atoms with E-state index in [1.54, 1.807) is 29.2 Å². The quantitative estimate of drug-likeness (QED) is 0.673. The normalized spacial score (nSPS) is 22.7. The number of benzene rings is 1. The monoisotopic (exact) mass is 474 g/mol. The highest BCUT2D eigenvalue weighted by Gasteiger charge is 2.33. The van der Waals surface area contributed by atoms with Gasteiger partial charge in [0.1, 0.15) is 0 Å². The molecule has 3 aliphatic rings. The Kier molecular flexibility index (Phi) is 8.25. The average molecular weight is 475 g/mol. The van der Waals surface area contributed by atoms with Crippen LogP contribution < -0.4 is 0 Å². The van der Waals surface area contributed by atoms with Gasteiger partial charge in [-0.15, -0.1) is 0 Å². The van der Waals surface area contributed by atoms with E-state index in [1.807, 2.05) is 9.80 Å². The Morgan fingerprint density at radius 3 is 2.06 bits per heavy atom. The number of piperidine rings is 1. The van der Waals surface area contributed by atoms with Gasteiger partial charge < -0.3 is 14.7 Å². The van der Waals surface area contributed by atoms with Crippen LogP contribution in [-0.2, 0) is 9.59 Å². The SMILES string of the molecule is O=C(CN1CCN(C(=O)C2CCCN(C(=O)c3ccc(Cl)cc3)C2)CC1)N1CCCCCC1. The Morgan fingerprint density at radius 2 is 1.39 bits per heavy atom. The van der Waals surface area contributed by atoms with Crippen molar-refractivity contribution in [3.8, 4) is 0 Å². The molecule has 8 heteroatoms. The molecular formula is C25H35ClN4O3. The molecule has 0 aliphatic carbocycles. The zero-order valence-electron chi connectivity index (χ0n) is 19.4. The van der Waals surface area contributed by atoms with E-state index >= 15 is 0 Å². The first-order valence-electron chi connectivity index (χ1n) is 12.3. The van der Waals surface area contributed by atoms with Gasteiger partial charge in [0.2, 0.25) is 11.8 Å². The maximum absolute atomic E-state index is 13.2.